The van der Waals surface area contributed by atoms with Gasteiger partial charge in [0.05, 0.1) is 23.6 Å². The Balaban J connectivity index is 1.97. The fourth-order valence-electron chi connectivity index (χ4n) is 3.69. The van der Waals surface area contributed by atoms with Gasteiger partial charge in [-0.1, -0.05) is 43.7 Å². The third-order valence-corrected chi connectivity index (χ3v) is 5.15. The summed E-state index contributed by atoms with van der Waals surface area (Å²) in [5.74, 6) is 0.123. The van der Waals surface area contributed by atoms with E-state index in [2.05, 4.69) is 11.1 Å². The largest absolute Gasteiger partial charge is 0.337 e. The van der Waals surface area contributed by atoms with Crippen LogP contribution in [0.4, 0.5) is 0 Å². The molecule has 0 bridgehead atoms. The number of aromatic nitrogens is 4. The van der Waals surface area contributed by atoms with Crippen molar-refractivity contribution in [2.24, 2.45) is 5.92 Å². The predicted molar refractivity (Wildman–Crippen MR) is 119 cm³/mol. The fourth-order valence-corrected chi connectivity index (χ4v) is 3.69. The van der Waals surface area contributed by atoms with Gasteiger partial charge in [-0.3, -0.25) is 9.36 Å². The molecule has 2 aromatic heterocycles. The zero-order chi connectivity index (χ0) is 22.1. The maximum absolute atomic E-state index is 13.4. The highest BCUT2D eigenvalue weighted by Crippen LogP contribution is 2.16. The molecule has 0 N–H and O–H groups in total. The number of rotatable bonds is 5. The Morgan fingerprint density at radius 1 is 1.10 bits per heavy atom. The highest BCUT2D eigenvalue weighted by molar-refractivity contribution is 5.72. The van der Waals surface area contributed by atoms with Crippen molar-refractivity contribution < 1.29 is 0 Å². The van der Waals surface area contributed by atoms with Crippen molar-refractivity contribution in [2.45, 2.75) is 33.9 Å². The smallest absolute Gasteiger partial charge is 0.320 e. The Labute approximate surface area is 179 Å². The number of nitriles is 1. The van der Waals surface area contributed by atoms with Crippen LogP contribution in [0.15, 0.2) is 64.4 Å². The zero-order valence-corrected chi connectivity index (χ0v) is 17.7. The van der Waals surface area contributed by atoms with Gasteiger partial charge in [0.25, 0.3) is 5.56 Å². The van der Waals surface area contributed by atoms with E-state index in [1.807, 2.05) is 57.2 Å². The zero-order valence-electron chi connectivity index (χ0n) is 17.7. The van der Waals surface area contributed by atoms with Gasteiger partial charge >= 0.3 is 5.69 Å². The van der Waals surface area contributed by atoms with Crippen molar-refractivity contribution in [3.8, 4) is 11.8 Å². The maximum Gasteiger partial charge on any atom is 0.337 e. The Hall–Kier alpha value is -3.92. The van der Waals surface area contributed by atoms with Crippen molar-refractivity contribution >= 4 is 11.2 Å². The van der Waals surface area contributed by atoms with Crippen LogP contribution in [-0.4, -0.2) is 18.7 Å². The van der Waals surface area contributed by atoms with E-state index >= 15 is 0 Å². The Kier molecular flexibility index (Phi) is 5.30. The van der Waals surface area contributed by atoms with E-state index in [-0.39, 0.29) is 11.5 Å². The van der Waals surface area contributed by atoms with Crippen molar-refractivity contribution in [1.82, 2.24) is 18.7 Å². The molecule has 31 heavy (non-hydrogen) atoms. The standard InChI is InChI=1S/C24H23N5O2/c1-16(2)13-28-23(30)21-22(29(24(28)31)20-9-7-17(3)8-10-20)26-15-27(21)14-19-6-4-5-18(11-19)12-25/h4-11,15-16H,13-14H2,1-3H3. The first-order valence-electron chi connectivity index (χ1n) is 10.2. The van der Waals surface area contributed by atoms with Crippen LogP contribution >= 0.6 is 0 Å². The molecular formula is C24H23N5O2. The second kappa shape index (κ2) is 8.07. The van der Waals surface area contributed by atoms with Crippen molar-refractivity contribution in [1.29, 1.82) is 5.26 Å². The molecule has 0 aliphatic carbocycles. The molecule has 2 aromatic carbocycles. The van der Waals surface area contributed by atoms with E-state index in [1.54, 1.807) is 23.0 Å². The van der Waals surface area contributed by atoms with Crippen molar-refractivity contribution in [3.05, 3.63) is 92.4 Å². The molecule has 0 aliphatic rings. The lowest BCUT2D eigenvalue weighted by Crippen LogP contribution is -2.41. The lowest BCUT2D eigenvalue weighted by Gasteiger charge is -2.14. The van der Waals surface area contributed by atoms with Crippen LogP contribution in [0.2, 0.25) is 0 Å². The highest BCUT2D eigenvalue weighted by Gasteiger charge is 2.20. The quantitative estimate of drug-likeness (QED) is 0.503. The van der Waals surface area contributed by atoms with E-state index in [0.717, 1.165) is 11.1 Å². The maximum atomic E-state index is 13.4. The fraction of sp³-hybridized carbons (Fsp3) is 0.250. The molecule has 0 saturated carbocycles. The molecule has 0 spiro atoms. The van der Waals surface area contributed by atoms with E-state index < -0.39 is 5.69 Å². The topological polar surface area (TPSA) is 85.6 Å². The normalized spacial score (nSPS) is 11.2. The van der Waals surface area contributed by atoms with Gasteiger partial charge in [-0.15, -0.1) is 0 Å². The first-order chi connectivity index (χ1) is 14.9. The van der Waals surface area contributed by atoms with Crippen LogP contribution in [0, 0.1) is 24.2 Å². The number of hydrogen-bond acceptors (Lipinski definition) is 4. The van der Waals surface area contributed by atoms with Crippen LogP contribution < -0.4 is 11.2 Å². The number of nitrogens with zero attached hydrogens (tertiary/aromatic N) is 5. The van der Waals surface area contributed by atoms with Gasteiger partial charge in [-0.05, 0) is 42.7 Å². The number of fused-ring (bicyclic) bond motifs is 1. The van der Waals surface area contributed by atoms with E-state index in [9.17, 15) is 14.9 Å². The second-order valence-electron chi connectivity index (χ2n) is 8.12. The molecule has 0 amide bonds. The summed E-state index contributed by atoms with van der Waals surface area (Å²) in [6.07, 6.45) is 1.58. The average Bonchev–Trinajstić information content (AvgIpc) is 3.15. The van der Waals surface area contributed by atoms with Crippen molar-refractivity contribution in [3.63, 3.8) is 0 Å². The molecule has 0 saturated heterocycles. The summed E-state index contributed by atoms with van der Waals surface area (Å²) in [7, 11) is 0. The van der Waals surface area contributed by atoms with Crippen LogP contribution in [0.1, 0.15) is 30.5 Å². The molecule has 7 heteroatoms. The third-order valence-electron chi connectivity index (χ3n) is 5.15. The van der Waals surface area contributed by atoms with Gasteiger partial charge < -0.3 is 4.57 Å². The first-order valence-corrected chi connectivity index (χ1v) is 10.2. The van der Waals surface area contributed by atoms with Gasteiger partial charge in [-0.2, -0.15) is 5.26 Å². The molecule has 4 rings (SSSR count). The van der Waals surface area contributed by atoms with Crippen LogP contribution in [-0.2, 0) is 13.1 Å². The molecule has 2 heterocycles. The van der Waals surface area contributed by atoms with E-state index in [1.165, 1.54) is 9.13 Å². The average molecular weight is 413 g/mol. The highest BCUT2D eigenvalue weighted by atomic mass is 16.2. The van der Waals surface area contributed by atoms with Gasteiger partial charge in [0.1, 0.15) is 0 Å². The van der Waals surface area contributed by atoms with Gasteiger partial charge in [0, 0.05) is 13.1 Å². The SMILES string of the molecule is Cc1ccc(-n2c(=O)n(CC(C)C)c(=O)c3c2ncn3Cc2cccc(C#N)c2)cc1. The first kappa shape index (κ1) is 20.4. The van der Waals surface area contributed by atoms with Gasteiger partial charge in [0.15, 0.2) is 11.2 Å². The molecule has 0 atom stereocenters. The molecule has 0 radical (unpaired) electrons. The molecule has 0 fully saturated rings. The minimum Gasteiger partial charge on any atom is -0.320 e. The summed E-state index contributed by atoms with van der Waals surface area (Å²) in [5.41, 5.74) is 3.11. The lowest BCUT2D eigenvalue weighted by atomic mass is 10.1. The predicted octanol–water partition coefficient (Wildman–Crippen LogP) is 3.23. The minimum absolute atomic E-state index is 0.123. The van der Waals surface area contributed by atoms with Crippen LogP contribution in [0.25, 0.3) is 16.9 Å². The van der Waals surface area contributed by atoms with Crippen molar-refractivity contribution in [2.75, 3.05) is 0 Å². The summed E-state index contributed by atoms with van der Waals surface area (Å²) in [6, 6.07) is 16.9. The summed E-state index contributed by atoms with van der Waals surface area (Å²) in [5, 5.41) is 9.18. The Morgan fingerprint density at radius 2 is 1.84 bits per heavy atom. The summed E-state index contributed by atoms with van der Waals surface area (Å²) in [4.78, 5) is 31.1. The number of benzene rings is 2. The monoisotopic (exact) mass is 413 g/mol. The Morgan fingerprint density at radius 3 is 2.52 bits per heavy atom. The summed E-state index contributed by atoms with van der Waals surface area (Å²) >= 11 is 0. The van der Waals surface area contributed by atoms with Gasteiger partial charge in [-0.25, -0.2) is 14.3 Å². The summed E-state index contributed by atoms with van der Waals surface area (Å²) in [6.45, 7) is 6.60. The molecule has 156 valence electrons. The molecule has 7 nitrogen and oxygen atoms in total. The number of imidazole rings is 1. The molecule has 4 aromatic rings. The van der Waals surface area contributed by atoms with E-state index in [0.29, 0.717) is 35.5 Å². The van der Waals surface area contributed by atoms with Gasteiger partial charge in [0.2, 0.25) is 0 Å². The molecule has 0 aliphatic heterocycles. The molecule has 0 unspecified atom stereocenters. The Bertz CT molecular complexity index is 1420. The van der Waals surface area contributed by atoms with E-state index in [4.69, 9.17) is 0 Å². The lowest BCUT2D eigenvalue weighted by molar-refractivity contribution is 0.489. The number of aryl methyl sites for hydroxylation is 1. The molecular weight excluding hydrogens is 390 g/mol. The minimum atomic E-state index is -0.396. The number of hydrogen-bond donors (Lipinski definition) is 0. The van der Waals surface area contributed by atoms with Crippen LogP contribution in [0.5, 0.6) is 0 Å². The second-order valence-corrected chi connectivity index (χ2v) is 8.12. The summed E-state index contributed by atoms with van der Waals surface area (Å²) < 4.78 is 4.53. The third kappa shape index (κ3) is 3.80. The van der Waals surface area contributed by atoms with Crippen LogP contribution in [0.3, 0.4) is 0 Å².